The second-order valence-corrected chi connectivity index (χ2v) is 14.2. The zero-order valence-electron chi connectivity index (χ0n) is 29.5. The Kier molecular flexibility index (Phi) is 13.6. The molecule has 0 saturated heterocycles. The minimum Gasteiger partial charge on any atom is -0.506 e. The molecule has 0 aliphatic carbocycles. The number of ether oxygens (including phenoxy) is 3. The zero-order chi connectivity index (χ0) is 39.3. The molecule has 4 heterocycles. The first-order valence-electron chi connectivity index (χ1n) is 17.2. The molecule has 0 atom stereocenters. The van der Waals surface area contributed by atoms with Crippen LogP contribution in [0.25, 0.3) is 22.3 Å². The summed E-state index contributed by atoms with van der Waals surface area (Å²) in [5, 5.41) is 9.87. The van der Waals surface area contributed by atoms with Gasteiger partial charge in [-0.1, -0.05) is 59.9 Å². The number of carbonyl (C=O) groups is 1. The zero-order valence-corrected chi connectivity index (χ0v) is 32.6. The molecule has 2 aliphatic heterocycles. The third-order valence-corrected chi connectivity index (χ3v) is 9.89. The van der Waals surface area contributed by atoms with Gasteiger partial charge in [-0.25, -0.2) is 22.9 Å². The number of aromatic nitrogens is 4. The van der Waals surface area contributed by atoms with Gasteiger partial charge < -0.3 is 19.3 Å². The van der Waals surface area contributed by atoms with Crippen LogP contribution < -0.4 is 15.9 Å². The minimum atomic E-state index is -0.693. The molecule has 4 aromatic rings. The van der Waals surface area contributed by atoms with E-state index in [0.29, 0.717) is 44.8 Å². The van der Waals surface area contributed by atoms with Gasteiger partial charge >= 0.3 is 5.97 Å². The number of rotatable bonds is 11. The lowest BCUT2D eigenvalue weighted by Crippen LogP contribution is -2.27. The van der Waals surface area contributed by atoms with E-state index in [4.69, 9.17) is 60.6 Å². The molecule has 0 fully saturated rings. The lowest BCUT2D eigenvalue weighted by atomic mass is 10.1. The van der Waals surface area contributed by atoms with Gasteiger partial charge in [0.1, 0.15) is 52.4 Å². The summed E-state index contributed by atoms with van der Waals surface area (Å²) in [7, 11) is 0. The highest BCUT2D eigenvalue weighted by molar-refractivity contribution is 6.34. The monoisotopic (exact) mass is 828 g/mol. The number of nitrogens with zero attached hydrogens (tertiary/aromatic N) is 4. The first kappa shape index (κ1) is 41.0. The number of phenols is 1. The lowest BCUT2D eigenvalue weighted by Gasteiger charge is -2.17. The second-order valence-electron chi connectivity index (χ2n) is 12.7. The fraction of sp³-hybridized carbons (Fsp3) is 0.378. The Balaban J connectivity index is 0.000000237. The van der Waals surface area contributed by atoms with Gasteiger partial charge in [-0.3, -0.25) is 19.0 Å². The predicted octanol–water partition coefficient (Wildman–Crippen LogP) is 8.63. The van der Waals surface area contributed by atoms with Crippen LogP contribution in [0.4, 0.5) is 8.78 Å². The Morgan fingerprint density at radius 1 is 0.796 bits per heavy atom. The maximum absolute atomic E-state index is 14.9. The molecule has 0 unspecified atom stereocenters. The van der Waals surface area contributed by atoms with Crippen LogP contribution in [-0.4, -0.2) is 49.6 Å². The van der Waals surface area contributed by atoms with E-state index in [-0.39, 0.29) is 84.2 Å². The molecule has 54 heavy (non-hydrogen) atoms. The number of fused-ring (bicyclic) bond motifs is 2. The number of benzene rings is 2. The first-order chi connectivity index (χ1) is 25.7. The Morgan fingerprint density at radius 2 is 1.30 bits per heavy atom. The van der Waals surface area contributed by atoms with Crippen molar-refractivity contribution in [2.24, 2.45) is 0 Å². The largest absolute Gasteiger partial charge is 0.506 e. The molecule has 2 aliphatic rings. The maximum Gasteiger partial charge on any atom is 0.334 e. The average Bonchev–Trinajstić information content (AvgIpc) is 3.55. The third-order valence-electron chi connectivity index (χ3n) is 8.52. The van der Waals surface area contributed by atoms with Crippen LogP contribution in [0.15, 0.2) is 57.8 Å². The molecule has 2 aromatic carbocycles. The van der Waals surface area contributed by atoms with Crippen LogP contribution in [0, 0.1) is 11.6 Å². The molecule has 6 rings (SSSR count). The average molecular weight is 831 g/mol. The van der Waals surface area contributed by atoms with Crippen LogP contribution in [0.5, 0.6) is 11.5 Å². The quantitative estimate of drug-likeness (QED) is 0.0696. The highest BCUT2D eigenvalue weighted by Gasteiger charge is 2.26. The standard InChI is InChI=1S/C24H27Cl2FN2O5.C13H11Cl2FN2O2/c1-4-9-32-16(10-21(30)34-13-15(2)3)14-33-20-11-17(19(27)12-18(20)25)22-23(26)28-7-5-6-8-29(28)24(22)31;14-8-6-9(16)7(5-10(8)19)11-12(15)17-3-1-2-4-18(17)13(11)20/h10-12H,2,4-9,13-14H2,1,3H3;5-6,19H,1-4H2/b16-10+;. The van der Waals surface area contributed by atoms with Gasteiger partial charge in [0.2, 0.25) is 0 Å². The fourth-order valence-corrected chi connectivity index (χ4v) is 7.01. The van der Waals surface area contributed by atoms with Crippen molar-refractivity contribution in [1.82, 2.24) is 18.7 Å². The van der Waals surface area contributed by atoms with Crippen molar-refractivity contribution in [3.05, 3.63) is 101 Å². The summed E-state index contributed by atoms with van der Waals surface area (Å²) in [5.74, 6) is -1.94. The van der Waals surface area contributed by atoms with Gasteiger partial charge in [0.25, 0.3) is 11.1 Å². The van der Waals surface area contributed by atoms with Crippen LogP contribution in [0.2, 0.25) is 20.4 Å². The fourth-order valence-electron chi connectivity index (χ4n) is 5.94. The SMILES string of the molecule is C=C(C)COC(=O)/C=C(\COc1cc(-c2c(Cl)n3n(c2=O)CCCC3)c(F)cc1Cl)OCCC.O=c1c(-c2cc(O)c(Cl)cc2F)c(Cl)n2n1CCCC2. The molecule has 17 heteroatoms. The summed E-state index contributed by atoms with van der Waals surface area (Å²) >= 11 is 24.5. The van der Waals surface area contributed by atoms with E-state index in [1.807, 2.05) is 6.92 Å². The molecule has 0 saturated carbocycles. The summed E-state index contributed by atoms with van der Waals surface area (Å²) in [6.45, 7) is 9.89. The first-order valence-corrected chi connectivity index (χ1v) is 18.7. The molecule has 1 N–H and O–H groups in total. The van der Waals surface area contributed by atoms with Gasteiger partial charge in [-0.05, 0) is 68.9 Å². The van der Waals surface area contributed by atoms with E-state index >= 15 is 0 Å². The van der Waals surface area contributed by atoms with E-state index in [1.165, 1.54) is 21.5 Å². The Hall–Kier alpha value is -4.17. The minimum absolute atomic E-state index is 0.00106. The number of hydrogen-bond acceptors (Lipinski definition) is 7. The molecule has 0 amide bonds. The van der Waals surface area contributed by atoms with E-state index in [0.717, 1.165) is 43.9 Å². The van der Waals surface area contributed by atoms with Gasteiger partial charge in [0.05, 0.1) is 33.9 Å². The molecule has 2 aromatic heterocycles. The van der Waals surface area contributed by atoms with Gasteiger partial charge in [-0.15, -0.1) is 0 Å². The highest BCUT2D eigenvalue weighted by Crippen LogP contribution is 2.37. The number of esters is 1. The summed E-state index contributed by atoms with van der Waals surface area (Å²) in [4.78, 5) is 37.3. The van der Waals surface area contributed by atoms with Gasteiger partial charge in [0, 0.05) is 37.3 Å². The lowest BCUT2D eigenvalue weighted by molar-refractivity contribution is -0.137. The summed E-state index contributed by atoms with van der Waals surface area (Å²) in [6, 6.07) is 4.51. The van der Waals surface area contributed by atoms with E-state index < -0.39 is 17.6 Å². The molecular formula is C37H38Cl4F2N4O7. The summed E-state index contributed by atoms with van der Waals surface area (Å²) in [6.07, 6.45) is 5.42. The predicted molar refractivity (Wildman–Crippen MR) is 204 cm³/mol. The topological polar surface area (TPSA) is 119 Å². The molecule has 0 bridgehead atoms. The number of aromatic hydroxyl groups is 1. The molecule has 11 nitrogen and oxygen atoms in total. The smallest absolute Gasteiger partial charge is 0.334 e. The summed E-state index contributed by atoms with van der Waals surface area (Å²) < 4.78 is 51.6. The van der Waals surface area contributed by atoms with Crippen molar-refractivity contribution >= 4 is 52.4 Å². The third kappa shape index (κ3) is 9.02. The number of hydrogen-bond donors (Lipinski definition) is 1. The highest BCUT2D eigenvalue weighted by atomic mass is 35.5. The Bertz CT molecular complexity index is 2220. The Labute approximate surface area is 329 Å². The van der Waals surface area contributed by atoms with Crippen LogP contribution in [-0.2, 0) is 40.4 Å². The number of phenolic OH excluding ortho intramolecular Hbond substituents is 1. The van der Waals surface area contributed by atoms with Crippen molar-refractivity contribution in [2.45, 2.75) is 72.1 Å². The molecule has 290 valence electrons. The van der Waals surface area contributed by atoms with Crippen molar-refractivity contribution in [2.75, 3.05) is 19.8 Å². The van der Waals surface area contributed by atoms with Crippen molar-refractivity contribution < 1.29 is 32.9 Å². The molecular weight excluding hydrogens is 792 g/mol. The van der Waals surface area contributed by atoms with Gasteiger partial charge in [-0.2, -0.15) is 0 Å². The maximum atomic E-state index is 14.9. The number of carbonyl (C=O) groups excluding carboxylic acids is 1. The summed E-state index contributed by atoms with van der Waals surface area (Å²) in [5.41, 5.74) is 0.0591. The molecule has 0 radical (unpaired) electrons. The molecule has 0 spiro atoms. The number of halogens is 6. The van der Waals surface area contributed by atoms with Crippen molar-refractivity contribution in [3.63, 3.8) is 0 Å². The van der Waals surface area contributed by atoms with E-state index in [2.05, 4.69) is 6.58 Å². The second kappa shape index (κ2) is 18.0. The van der Waals surface area contributed by atoms with Crippen molar-refractivity contribution in [3.8, 4) is 33.8 Å². The van der Waals surface area contributed by atoms with Crippen LogP contribution >= 0.6 is 46.4 Å². The van der Waals surface area contributed by atoms with E-state index in [1.54, 1.807) is 16.3 Å². The normalized spacial score (nSPS) is 13.7. The van der Waals surface area contributed by atoms with Gasteiger partial charge in [0.15, 0.2) is 0 Å². The van der Waals surface area contributed by atoms with Crippen molar-refractivity contribution in [1.29, 1.82) is 0 Å². The van der Waals surface area contributed by atoms with E-state index in [9.17, 15) is 28.3 Å². The Morgan fingerprint density at radius 3 is 1.80 bits per heavy atom. The van der Waals surface area contributed by atoms with Crippen LogP contribution in [0.1, 0.15) is 46.0 Å². The van der Waals surface area contributed by atoms with Crippen LogP contribution in [0.3, 0.4) is 0 Å².